The number of carbonyl (C=O) groups excluding carboxylic acids is 1. The van der Waals surface area contributed by atoms with Crippen molar-refractivity contribution in [2.24, 2.45) is 0 Å². The third-order valence-corrected chi connectivity index (χ3v) is 3.28. The van der Waals surface area contributed by atoms with Crippen LogP contribution in [0.4, 0.5) is 10.5 Å². The van der Waals surface area contributed by atoms with Crippen LogP contribution in [-0.4, -0.2) is 31.2 Å². The summed E-state index contributed by atoms with van der Waals surface area (Å²) in [4.78, 5) is 14.2. The first-order chi connectivity index (χ1) is 10.6. The van der Waals surface area contributed by atoms with Crippen LogP contribution in [0.3, 0.4) is 0 Å². The Morgan fingerprint density at radius 1 is 1.27 bits per heavy atom. The van der Waals surface area contributed by atoms with Crippen LogP contribution in [0.15, 0.2) is 41.2 Å². The van der Waals surface area contributed by atoms with Crippen LogP contribution in [0, 0.1) is 13.8 Å². The number of hydrogen-bond acceptors (Lipinski definition) is 3. The molecule has 1 N–H and O–H groups in total. The minimum Gasteiger partial charge on any atom is -0.472 e. The highest BCUT2D eigenvalue weighted by molar-refractivity contribution is 5.89. The summed E-state index contributed by atoms with van der Waals surface area (Å²) in [7, 11) is 1.62. The van der Waals surface area contributed by atoms with Gasteiger partial charge in [0.05, 0.1) is 25.7 Å². The number of ether oxygens (including phenoxy) is 1. The molecule has 0 saturated carbocycles. The molecule has 1 heterocycles. The summed E-state index contributed by atoms with van der Waals surface area (Å²) in [6, 6.07) is 7.69. The lowest BCUT2D eigenvalue weighted by atomic mass is 10.1. The maximum absolute atomic E-state index is 12.5. The van der Waals surface area contributed by atoms with Gasteiger partial charge in [0.2, 0.25) is 0 Å². The second-order valence-corrected chi connectivity index (χ2v) is 5.35. The highest BCUT2D eigenvalue weighted by atomic mass is 16.5. The molecule has 22 heavy (non-hydrogen) atoms. The molecular formula is C17H22N2O3. The fourth-order valence-corrected chi connectivity index (χ4v) is 2.31. The number of furan rings is 1. The van der Waals surface area contributed by atoms with Gasteiger partial charge in [-0.1, -0.05) is 6.07 Å². The van der Waals surface area contributed by atoms with Crippen LogP contribution in [0.2, 0.25) is 0 Å². The van der Waals surface area contributed by atoms with Gasteiger partial charge in [0.25, 0.3) is 0 Å². The number of urea groups is 1. The number of amides is 2. The van der Waals surface area contributed by atoms with E-state index in [9.17, 15) is 4.79 Å². The van der Waals surface area contributed by atoms with Crippen molar-refractivity contribution in [3.05, 3.63) is 53.5 Å². The van der Waals surface area contributed by atoms with Gasteiger partial charge in [-0.3, -0.25) is 0 Å². The smallest absolute Gasteiger partial charge is 0.322 e. The topological polar surface area (TPSA) is 54.7 Å². The van der Waals surface area contributed by atoms with Gasteiger partial charge >= 0.3 is 6.03 Å². The molecule has 0 bridgehead atoms. The SMILES string of the molecule is COCCN(Cc1ccoc1)C(=O)Nc1cc(C)cc(C)c1. The van der Waals surface area contributed by atoms with Crippen LogP contribution in [0.1, 0.15) is 16.7 Å². The monoisotopic (exact) mass is 302 g/mol. The minimum absolute atomic E-state index is 0.150. The highest BCUT2D eigenvalue weighted by Crippen LogP contribution is 2.15. The standard InChI is InChI=1S/C17H22N2O3/c1-13-8-14(2)10-16(9-13)18-17(20)19(5-7-21-3)11-15-4-6-22-12-15/h4,6,8-10,12H,5,7,11H2,1-3H3,(H,18,20). The molecule has 1 aromatic heterocycles. The van der Waals surface area contributed by atoms with E-state index in [0.29, 0.717) is 19.7 Å². The predicted molar refractivity (Wildman–Crippen MR) is 85.9 cm³/mol. The highest BCUT2D eigenvalue weighted by Gasteiger charge is 2.15. The van der Waals surface area contributed by atoms with Gasteiger partial charge in [0.15, 0.2) is 0 Å². The molecule has 0 aliphatic rings. The molecule has 0 spiro atoms. The molecule has 118 valence electrons. The third-order valence-electron chi connectivity index (χ3n) is 3.28. The van der Waals surface area contributed by atoms with E-state index in [4.69, 9.17) is 9.15 Å². The van der Waals surface area contributed by atoms with Crippen LogP contribution in [0.25, 0.3) is 0 Å². The van der Waals surface area contributed by atoms with Crippen LogP contribution in [-0.2, 0) is 11.3 Å². The lowest BCUT2D eigenvalue weighted by molar-refractivity contribution is 0.152. The Morgan fingerprint density at radius 3 is 2.59 bits per heavy atom. The van der Waals surface area contributed by atoms with Gasteiger partial charge in [0, 0.05) is 24.9 Å². The number of anilines is 1. The molecule has 0 atom stereocenters. The molecule has 0 fully saturated rings. The Hall–Kier alpha value is -2.27. The van der Waals surface area contributed by atoms with Crippen LogP contribution in [0.5, 0.6) is 0 Å². The van der Waals surface area contributed by atoms with Gasteiger partial charge in [0.1, 0.15) is 0 Å². The Kier molecular flexibility index (Phi) is 5.61. The van der Waals surface area contributed by atoms with Crippen molar-refractivity contribution in [1.82, 2.24) is 4.90 Å². The van der Waals surface area contributed by atoms with E-state index in [0.717, 1.165) is 22.4 Å². The molecule has 2 aromatic rings. The van der Waals surface area contributed by atoms with E-state index in [1.165, 1.54) is 0 Å². The Balaban J connectivity index is 2.06. The summed E-state index contributed by atoms with van der Waals surface area (Å²) in [5.74, 6) is 0. The first-order valence-electron chi connectivity index (χ1n) is 7.22. The molecule has 2 amide bonds. The number of rotatable bonds is 6. The molecule has 0 unspecified atom stereocenters. The maximum atomic E-state index is 12.5. The van der Waals surface area contributed by atoms with E-state index < -0.39 is 0 Å². The first-order valence-corrected chi connectivity index (χ1v) is 7.22. The van der Waals surface area contributed by atoms with Gasteiger partial charge in [-0.25, -0.2) is 4.79 Å². The van der Waals surface area contributed by atoms with Crippen molar-refractivity contribution in [2.45, 2.75) is 20.4 Å². The Labute approximate surface area is 130 Å². The number of aryl methyl sites for hydroxylation is 2. The molecular weight excluding hydrogens is 280 g/mol. The fourth-order valence-electron chi connectivity index (χ4n) is 2.31. The number of nitrogens with zero attached hydrogens (tertiary/aromatic N) is 1. The molecule has 0 saturated heterocycles. The van der Waals surface area contributed by atoms with Gasteiger partial charge in [-0.05, 0) is 43.2 Å². The molecule has 2 rings (SSSR count). The lowest BCUT2D eigenvalue weighted by Crippen LogP contribution is -2.36. The van der Waals surface area contributed by atoms with Crippen LogP contribution >= 0.6 is 0 Å². The van der Waals surface area contributed by atoms with Crippen molar-refractivity contribution in [1.29, 1.82) is 0 Å². The van der Waals surface area contributed by atoms with Crippen molar-refractivity contribution in [3.63, 3.8) is 0 Å². The van der Waals surface area contributed by atoms with Crippen molar-refractivity contribution in [3.8, 4) is 0 Å². The summed E-state index contributed by atoms with van der Waals surface area (Å²) in [6.45, 7) is 5.50. The summed E-state index contributed by atoms with van der Waals surface area (Å²) >= 11 is 0. The summed E-state index contributed by atoms with van der Waals surface area (Å²) in [5, 5.41) is 2.95. The molecule has 0 aliphatic carbocycles. The molecule has 5 nitrogen and oxygen atoms in total. The number of hydrogen-bond donors (Lipinski definition) is 1. The number of carbonyl (C=O) groups is 1. The predicted octanol–water partition coefficient (Wildman–Crippen LogP) is 3.58. The fraction of sp³-hybridized carbons (Fsp3) is 0.353. The molecule has 0 aliphatic heterocycles. The van der Waals surface area contributed by atoms with E-state index in [-0.39, 0.29) is 6.03 Å². The lowest BCUT2D eigenvalue weighted by Gasteiger charge is -2.22. The minimum atomic E-state index is -0.150. The molecule has 1 aromatic carbocycles. The van der Waals surface area contributed by atoms with Crippen molar-refractivity contribution < 1.29 is 13.9 Å². The maximum Gasteiger partial charge on any atom is 0.322 e. The Morgan fingerprint density at radius 2 is 2.00 bits per heavy atom. The van der Waals surface area contributed by atoms with E-state index in [2.05, 4.69) is 11.4 Å². The number of benzene rings is 1. The summed E-state index contributed by atoms with van der Waals surface area (Å²) in [5.41, 5.74) is 3.99. The molecule has 0 radical (unpaired) electrons. The second kappa shape index (κ2) is 7.66. The zero-order valence-corrected chi connectivity index (χ0v) is 13.3. The van der Waals surface area contributed by atoms with E-state index in [1.54, 1.807) is 24.5 Å². The van der Waals surface area contributed by atoms with E-state index in [1.807, 2.05) is 32.0 Å². The third kappa shape index (κ3) is 4.63. The van der Waals surface area contributed by atoms with Gasteiger partial charge in [-0.15, -0.1) is 0 Å². The summed E-state index contributed by atoms with van der Waals surface area (Å²) < 4.78 is 10.1. The average Bonchev–Trinajstić information content (AvgIpc) is 2.95. The van der Waals surface area contributed by atoms with Gasteiger partial charge in [-0.2, -0.15) is 0 Å². The zero-order chi connectivity index (χ0) is 15.9. The first kappa shape index (κ1) is 16.1. The normalized spacial score (nSPS) is 10.5. The Bertz CT molecular complexity index is 588. The zero-order valence-electron chi connectivity index (χ0n) is 13.3. The number of nitrogens with one attached hydrogen (secondary N) is 1. The number of methoxy groups -OCH3 is 1. The van der Waals surface area contributed by atoms with Crippen molar-refractivity contribution in [2.75, 3.05) is 25.6 Å². The summed E-state index contributed by atoms with van der Waals surface area (Å²) in [6.07, 6.45) is 3.25. The van der Waals surface area contributed by atoms with Gasteiger partial charge < -0.3 is 19.4 Å². The quantitative estimate of drug-likeness (QED) is 0.887. The second-order valence-electron chi connectivity index (χ2n) is 5.35. The molecule has 5 heteroatoms. The average molecular weight is 302 g/mol. The van der Waals surface area contributed by atoms with Crippen LogP contribution < -0.4 is 5.32 Å². The largest absolute Gasteiger partial charge is 0.472 e. The van der Waals surface area contributed by atoms with Crippen molar-refractivity contribution >= 4 is 11.7 Å². The van der Waals surface area contributed by atoms with E-state index >= 15 is 0 Å².